The molecule has 31 heavy (non-hydrogen) atoms. The van der Waals surface area contributed by atoms with Crippen molar-refractivity contribution in [1.29, 1.82) is 5.41 Å². The van der Waals surface area contributed by atoms with Gasteiger partial charge in [-0.25, -0.2) is 17.8 Å². The third kappa shape index (κ3) is 3.92. The van der Waals surface area contributed by atoms with Gasteiger partial charge in [-0.1, -0.05) is 30.3 Å². The second kappa shape index (κ2) is 7.92. The summed E-state index contributed by atoms with van der Waals surface area (Å²) >= 11 is 0. The smallest absolute Gasteiger partial charge is 0.224 e. The predicted molar refractivity (Wildman–Crippen MR) is 120 cm³/mol. The quantitative estimate of drug-likeness (QED) is 0.372. The highest BCUT2D eigenvalue weighted by Gasteiger charge is 2.25. The van der Waals surface area contributed by atoms with Crippen molar-refractivity contribution in [2.24, 2.45) is 0 Å². The maximum absolute atomic E-state index is 13.3. The first-order valence-corrected chi connectivity index (χ1v) is 11.0. The number of pyridine rings is 1. The van der Waals surface area contributed by atoms with Crippen molar-refractivity contribution in [1.82, 2.24) is 9.88 Å². The van der Waals surface area contributed by atoms with Gasteiger partial charge in [-0.15, -0.1) is 0 Å². The number of nitrogens with one attached hydrogen (secondary N) is 1. The van der Waals surface area contributed by atoms with Gasteiger partial charge in [-0.05, 0) is 64.4 Å². The van der Waals surface area contributed by atoms with Crippen molar-refractivity contribution in [3.05, 3.63) is 90.4 Å². The fraction of sp³-hybridized carbons (Fsp3) is 0.0833. The maximum atomic E-state index is 13.3. The van der Waals surface area contributed by atoms with E-state index in [1.54, 1.807) is 56.6 Å². The Labute approximate surface area is 180 Å². The molecule has 1 heterocycles. The van der Waals surface area contributed by atoms with Crippen LogP contribution in [0.25, 0.3) is 21.9 Å². The summed E-state index contributed by atoms with van der Waals surface area (Å²) in [5, 5.41) is 9.69. The van der Waals surface area contributed by atoms with Crippen LogP contribution < -0.4 is 0 Å². The van der Waals surface area contributed by atoms with Crippen LogP contribution in [-0.2, 0) is 9.84 Å². The van der Waals surface area contributed by atoms with Gasteiger partial charge in [0.25, 0.3) is 0 Å². The van der Waals surface area contributed by atoms with Gasteiger partial charge in [-0.2, -0.15) is 0 Å². The first-order valence-electron chi connectivity index (χ1n) is 9.53. The number of fused-ring (bicyclic) bond motifs is 1. The fourth-order valence-electron chi connectivity index (χ4n) is 3.35. The number of aromatic nitrogens is 1. The standard InChI is InChI=1S/C24H20FN3O2S/c1-28(2)23(26)22-4-3-13-27-24(22)31(29,30)21-12-9-18-14-17(5-6-19(18)15-21)16-7-10-20(25)11-8-16/h3-15,26H,1-2H3. The maximum Gasteiger partial charge on any atom is 0.224 e. The Balaban J connectivity index is 1.78. The lowest BCUT2D eigenvalue weighted by Gasteiger charge is -2.16. The molecule has 0 radical (unpaired) electrons. The zero-order valence-electron chi connectivity index (χ0n) is 17.0. The molecule has 0 saturated carbocycles. The summed E-state index contributed by atoms with van der Waals surface area (Å²) in [6.45, 7) is 0. The van der Waals surface area contributed by atoms with E-state index in [0.29, 0.717) is 0 Å². The van der Waals surface area contributed by atoms with Gasteiger partial charge in [0.15, 0.2) is 5.03 Å². The SMILES string of the molecule is CN(C)C(=N)c1cccnc1S(=O)(=O)c1ccc2cc(-c3ccc(F)cc3)ccc2c1. The normalized spacial score (nSPS) is 11.5. The Bertz CT molecular complexity index is 1400. The van der Waals surface area contributed by atoms with Crippen molar-refractivity contribution in [3.63, 3.8) is 0 Å². The van der Waals surface area contributed by atoms with Crippen molar-refractivity contribution in [2.45, 2.75) is 9.92 Å². The van der Waals surface area contributed by atoms with Crippen LogP contribution in [0.3, 0.4) is 0 Å². The summed E-state index contributed by atoms with van der Waals surface area (Å²) in [4.78, 5) is 5.73. The number of hydrogen-bond acceptors (Lipinski definition) is 4. The van der Waals surface area contributed by atoms with Gasteiger partial charge < -0.3 is 4.90 Å². The third-order valence-electron chi connectivity index (χ3n) is 5.03. The summed E-state index contributed by atoms with van der Waals surface area (Å²) in [5.74, 6) is -0.230. The van der Waals surface area contributed by atoms with Crippen molar-refractivity contribution < 1.29 is 12.8 Å². The third-order valence-corrected chi connectivity index (χ3v) is 6.74. The predicted octanol–water partition coefficient (Wildman–Crippen LogP) is 4.76. The summed E-state index contributed by atoms with van der Waals surface area (Å²) in [7, 11) is -0.565. The topological polar surface area (TPSA) is 74.1 Å². The Hall–Kier alpha value is -3.58. The van der Waals surface area contributed by atoms with E-state index in [1.807, 2.05) is 18.2 Å². The first kappa shape index (κ1) is 20.7. The van der Waals surface area contributed by atoms with Crippen LogP contribution in [0.2, 0.25) is 0 Å². The van der Waals surface area contributed by atoms with Crippen molar-refractivity contribution in [2.75, 3.05) is 14.1 Å². The van der Waals surface area contributed by atoms with Crippen LogP contribution in [0, 0.1) is 11.2 Å². The molecular formula is C24H20FN3O2S. The zero-order valence-corrected chi connectivity index (χ0v) is 17.8. The lowest BCUT2D eigenvalue weighted by molar-refractivity contribution is 0.589. The summed E-state index contributed by atoms with van der Waals surface area (Å²) in [6, 6.07) is 20.0. The molecule has 0 aliphatic rings. The molecular weight excluding hydrogens is 413 g/mol. The lowest BCUT2D eigenvalue weighted by atomic mass is 10.0. The highest BCUT2D eigenvalue weighted by molar-refractivity contribution is 7.91. The largest absolute Gasteiger partial charge is 0.363 e. The van der Waals surface area contributed by atoms with E-state index < -0.39 is 9.84 Å². The average molecular weight is 434 g/mol. The average Bonchev–Trinajstić information content (AvgIpc) is 2.78. The van der Waals surface area contributed by atoms with Crippen LogP contribution in [0.5, 0.6) is 0 Å². The molecule has 0 bridgehead atoms. The molecule has 156 valence electrons. The number of sulfone groups is 1. The fourth-order valence-corrected chi connectivity index (χ4v) is 4.76. The number of benzene rings is 3. The Morgan fingerprint density at radius 2 is 1.55 bits per heavy atom. The minimum absolute atomic E-state index is 0.0661. The number of rotatable bonds is 4. The molecule has 4 rings (SSSR count). The molecule has 0 aliphatic carbocycles. The van der Waals surface area contributed by atoms with Gasteiger partial charge in [0, 0.05) is 20.3 Å². The molecule has 4 aromatic rings. The van der Waals surface area contributed by atoms with Gasteiger partial charge in [0.2, 0.25) is 9.84 Å². The van der Waals surface area contributed by atoms with Crippen LogP contribution >= 0.6 is 0 Å². The number of amidine groups is 1. The number of hydrogen-bond donors (Lipinski definition) is 1. The Morgan fingerprint density at radius 1 is 0.903 bits per heavy atom. The van der Waals surface area contributed by atoms with Crippen LogP contribution in [0.4, 0.5) is 4.39 Å². The van der Waals surface area contributed by atoms with E-state index >= 15 is 0 Å². The monoisotopic (exact) mass is 433 g/mol. The van der Waals surface area contributed by atoms with E-state index in [9.17, 15) is 12.8 Å². The van der Waals surface area contributed by atoms with Gasteiger partial charge in [0.1, 0.15) is 11.7 Å². The minimum atomic E-state index is -3.93. The molecule has 1 N–H and O–H groups in total. The van der Waals surface area contributed by atoms with Crippen LogP contribution in [-0.4, -0.2) is 38.2 Å². The molecule has 1 aromatic heterocycles. The molecule has 0 atom stereocenters. The van der Waals surface area contributed by atoms with Gasteiger partial charge in [-0.3, -0.25) is 5.41 Å². The van der Waals surface area contributed by atoms with E-state index in [-0.39, 0.29) is 27.1 Å². The van der Waals surface area contributed by atoms with E-state index in [0.717, 1.165) is 21.9 Å². The Kier molecular flexibility index (Phi) is 5.29. The molecule has 3 aromatic carbocycles. The molecule has 0 amide bonds. The number of halogens is 1. The van der Waals surface area contributed by atoms with E-state index in [2.05, 4.69) is 4.98 Å². The molecule has 0 aliphatic heterocycles. The molecule has 0 saturated heterocycles. The minimum Gasteiger partial charge on any atom is -0.363 e. The highest BCUT2D eigenvalue weighted by Crippen LogP contribution is 2.29. The highest BCUT2D eigenvalue weighted by atomic mass is 32.2. The summed E-state index contributed by atoms with van der Waals surface area (Å²) < 4.78 is 39.9. The van der Waals surface area contributed by atoms with Crippen molar-refractivity contribution in [3.8, 4) is 11.1 Å². The van der Waals surface area contributed by atoms with Crippen molar-refractivity contribution >= 4 is 26.4 Å². The number of nitrogens with zero attached hydrogens (tertiary/aromatic N) is 2. The van der Waals surface area contributed by atoms with Gasteiger partial charge >= 0.3 is 0 Å². The van der Waals surface area contributed by atoms with E-state index in [1.165, 1.54) is 23.2 Å². The molecule has 0 fully saturated rings. The molecule has 0 spiro atoms. The van der Waals surface area contributed by atoms with E-state index in [4.69, 9.17) is 5.41 Å². The second-order valence-corrected chi connectivity index (χ2v) is 9.20. The Morgan fingerprint density at radius 3 is 2.26 bits per heavy atom. The first-order chi connectivity index (χ1) is 14.8. The van der Waals surface area contributed by atoms with Gasteiger partial charge in [0.05, 0.1) is 10.5 Å². The summed E-state index contributed by atoms with van der Waals surface area (Å²) in [5.41, 5.74) is 2.04. The summed E-state index contributed by atoms with van der Waals surface area (Å²) in [6.07, 6.45) is 1.41. The zero-order chi connectivity index (χ0) is 22.2. The molecule has 0 unspecified atom stereocenters. The molecule has 7 heteroatoms. The van der Waals surface area contributed by atoms with Crippen LogP contribution in [0.15, 0.2) is 88.9 Å². The second-order valence-electron chi connectivity index (χ2n) is 7.33. The molecule has 5 nitrogen and oxygen atoms in total. The lowest BCUT2D eigenvalue weighted by Crippen LogP contribution is -2.24. The van der Waals surface area contributed by atoms with Crippen LogP contribution in [0.1, 0.15) is 5.56 Å².